The molecule has 4 heteroatoms. The fraction of sp³-hybridized carbons (Fsp3) is 0.714. The normalized spacial score (nSPS) is 20.2. The Kier molecular flexibility index (Phi) is 3.46. The van der Waals surface area contributed by atoms with Crippen LogP contribution >= 0.6 is 0 Å². The zero-order valence-corrected chi connectivity index (χ0v) is 11.2. The van der Waals surface area contributed by atoms with Gasteiger partial charge in [-0.1, -0.05) is 6.42 Å². The molecule has 0 atom stereocenters. The lowest BCUT2D eigenvalue weighted by Gasteiger charge is -2.29. The van der Waals surface area contributed by atoms with Crippen LogP contribution in [0.15, 0.2) is 6.33 Å². The van der Waals surface area contributed by atoms with Crippen LogP contribution in [0.1, 0.15) is 30.5 Å². The minimum atomic E-state index is 1.11. The third-order valence-electron chi connectivity index (χ3n) is 4.20. The van der Waals surface area contributed by atoms with Crippen molar-refractivity contribution < 1.29 is 0 Å². The van der Waals surface area contributed by atoms with Crippen molar-refractivity contribution in [2.24, 2.45) is 0 Å². The standard InChI is InChI=1S/C14H22N4/c1-12-13-5-8-18(14(13)16-11-15-12)10-9-17-6-3-2-4-7-17/h11H,2-10H2,1H3. The molecule has 0 N–H and O–H groups in total. The molecule has 2 aliphatic rings. The van der Waals surface area contributed by atoms with Crippen LogP contribution in [0.4, 0.5) is 5.82 Å². The van der Waals surface area contributed by atoms with Gasteiger partial charge in [-0.15, -0.1) is 0 Å². The molecule has 1 aromatic heterocycles. The number of rotatable bonds is 3. The topological polar surface area (TPSA) is 32.3 Å². The van der Waals surface area contributed by atoms with Crippen molar-refractivity contribution in [2.45, 2.75) is 32.6 Å². The summed E-state index contributed by atoms with van der Waals surface area (Å²) < 4.78 is 0. The van der Waals surface area contributed by atoms with Crippen LogP contribution in [-0.4, -0.2) is 47.6 Å². The fourth-order valence-corrected chi connectivity index (χ4v) is 3.07. The van der Waals surface area contributed by atoms with Gasteiger partial charge in [-0.05, 0) is 39.3 Å². The molecule has 18 heavy (non-hydrogen) atoms. The monoisotopic (exact) mass is 246 g/mol. The van der Waals surface area contributed by atoms with Gasteiger partial charge in [0, 0.05) is 30.9 Å². The SMILES string of the molecule is Cc1ncnc2c1CCN2CCN1CCCCC1. The summed E-state index contributed by atoms with van der Waals surface area (Å²) in [5.74, 6) is 1.18. The van der Waals surface area contributed by atoms with Gasteiger partial charge in [-0.25, -0.2) is 9.97 Å². The number of aryl methyl sites for hydroxylation is 1. The van der Waals surface area contributed by atoms with E-state index in [1.54, 1.807) is 6.33 Å². The van der Waals surface area contributed by atoms with Crippen molar-refractivity contribution >= 4 is 5.82 Å². The van der Waals surface area contributed by atoms with Crippen LogP contribution in [0, 0.1) is 6.92 Å². The molecule has 0 spiro atoms. The second kappa shape index (κ2) is 5.22. The molecule has 1 aromatic rings. The Hall–Kier alpha value is -1.16. The van der Waals surface area contributed by atoms with E-state index in [0.717, 1.165) is 25.2 Å². The number of fused-ring (bicyclic) bond motifs is 1. The van der Waals surface area contributed by atoms with E-state index in [1.807, 2.05) is 0 Å². The predicted molar refractivity (Wildman–Crippen MR) is 73.0 cm³/mol. The summed E-state index contributed by atoms with van der Waals surface area (Å²) in [4.78, 5) is 13.8. The van der Waals surface area contributed by atoms with Gasteiger partial charge in [-0.3, -0.25) is 0 Å². The maximum atomic E-state index is 4.46. The molecule has 2 aliphatic heterocycles. The Morgan fingerprint density at radius 1 is 1.06 bits per heavy atom. The highest BCUT2D eigenvalue weighted by Crippen LogP contribution is 2.26. The first-order chi connectivity index (χ1) is 8.84. The first kappa shape index (κ1) is 11.9. The molecule has 98 valence electrons. The van der Waals surface area contributed by atoms with Crippen LogP contribution in [-0.2, 0) is 6.42 Å². The number of nitrogens with zero attached hydrogens (tertiary/aromatic N) is 4. The minimum Gasteiger partial charge on any atom is -0.355 e. The first-order valence-corrected chi connectivity index (χ1v) is 7.12. The van der Waals surface area contributed by atoms with E-state index in [1.165, 1.54) is 50.3 Å². The van der Waals surface area contributed by atoms with Gasteiger partial charge in [0.05, 0.1) is 0 Å². The van der Waals surface area contributed by atoms with Crippen LogP contribution in [0.2, 0.25) is 0 Å². The molecule has 3 rings (SSSR count). The molecule has 3 heterocycles. The molecular formula is C14H22N4. The molecule has 0 saturated carbocycles. The number of piperidine rings is 1. The molecule has 1 saturated heterocycles. The molecule has 0 bridgehead atoms. The molecule has 0 unspecified atom stereocenters. The summed E-state index contributed by atoms with van der Waals surface area (Å²) in [6.07, 6.45) is 6.97. The average Bonchev–Trinajstić information content (AvgIpc) is 2.82. The number of likely N-dealkylation sites (tertiary alicyclic amines) is 1. The van der Waals surface area contributed by atoms with Crippen molar-refractivity contribution in [3.05, 3.63) is 17.6 Å². The molecular weight excluding hydrogens is 224 g/mol. The summed E-state index contributed by atoms with van der Waals surface area (Å²) in [7, 11) is 0. The Bertz CT molecular complexity index is 412. The van der Waals surface area contributed by atoms with Crippen LogP contribution in [0.5, 0.6) is 0 Å². The first-order valence-electron chi connectivity index (χ1n) is 7.12. The van der Waals surface area contributed by atoms with Gasteiger partial charge >= 0.3 is 0 Å². The Morgan fingerprint density at radius 3 is 2.72 bits per heavy atom. The van der Waals surface area contributed by atoms with E-state index in [2.05, 4.69) is 26.7 Å². The largest absolute Gasteiger partial charge is 0.355 e. The molecule has 0 aliphatic carbocycles. The van der Waals surface area contributed by atoms with Gasteiger partial charge in [0.2, 0.25) is 0 Å². The average molecular weight is 246 g/mol. The van der Waals surface area contributed by atoms with E-state index in [9.17, 15) is 0 Å². The lowest BCUT2D eigenvalue weighted by Crippen LogP contribution is -2.37. The third kappa shape index (κ3) is 2.34. The smallest absolute Gasteiger partial charge is 0.135 e. The summed E-state index contributed by atoms with van der Waals surface area (Å²) in [6.45, 7) is 8.07. The molecule has 1 fully saturated rings. The van der Waals surface area contributed by atoms with Crippen molar-refractivity contribution in [1.82, 2.24) is 14.9 Å². The summed E-state index contributed by atoms with van der Waals surface area (Å²) >= 11 is 0. The summed E-state index contributed by atoms with van der Waals surface area (Å²) in [5.41, 5.74) is 2.51. The summed E-state index contributed by atoms with van der Waals surface area (Å²) in [6, 6.07) is 0. The maximum Gasteiger partial charge on any atom is 0.135 e. The zero-order chi connectivity index (χ0) is 12.4. The van der Waals surface area contributed by atoms with E-state index in [4.69, 9.17) is 0 Å². The van der Waals surface area contributed by atoms with Crippen LogP contribution in [0.3, 0.4) is 0 Å². The van der Waals surface area contributed by atoms with Gasteiger partial charge in [-0.2, -0.15) is 0 Å². The highest BCUT2D eigenvalue weighted by atomic mass is 15.2. The highest BCUT2D eigenvalue weighted by Gasteiger charge is 2.23. The number of hydrogen-bond acceptors (Lipinski definition) is 4. The van der Waals surface area contributed by atoms with Gasteiger partial charge in [0.25, 0.3) is 0 Å². The number of anilines is 1. The van der Waals surface area contributed by atoms with Crippen LogP contribution < -0.4 is 4.90 Å². The highest BCUT2D eigenvalue weighted by molar-refractivity contribution is 5.53. The molecule has 0 amide bonds. The lowest BCUT2D eigenvalue weighted by atomic mass is 10.1. The third-order valence-corrected chi connectivity index (χ3v) is 4.20. The maximum absolute atomic E-state index is 4.46. The van der Waals surface area contributed by atoms with Crippen molar-refractivity contribution in [3.8, 4) is 0 Å². The lowest BCUT2D eigenvalue weighted by molar-refractivity contribution is 0.233. The molecule has 0 aromatic carbocycles. The van der Waals surface area contributed by atoms with Gasteiger partial charge < -0.3 is 9.80 Å². The predicted octanol–water partition coefficient (Wildman–Crippen LogP) is 1.63. The summed E-state index contributed by atoms with van der Waals surface area (Å²) in [5, 5.41) is 0. The van der Waals surface area contributed by atoms with Crippen LogP contribution in [0.25, 0.3) is 0 Å². The number of hydrogen-bond donors (Lipinski definition) is 0. The Labute approximate surface area is 109 Å². The van der Waals surface area contributed by atoms with E-state index in [-0.39, 0.29) is 0 Å². The second-order valence-electron chi connectivity index (χ2n) is 5.40. The van der Waals surface area contributed by atoms with E-state index >= 15 is 0 Å². The zero-order valence-electron chi connectivity index (χ0n) is 11.2. The quantitative estimate of drug-likeness (QED) is 0.811. The van der Waals surface area contributed by atoms with E-state index < -0.39 is 0 Å². The fourth-order valence-electron chi connectivity index (χ4n) is 3.07. The minimum absolute atomic E-state index is 1.11. The Morgan fingerprint density at radius 2 is 1.89 bits per heavy atom. The van der Waals surface area contributed by atoms with Gasteiger partial charge in [0.15, 0.2) is 0 Å². The van der Waals surface area contributed by atoms with E-state index in [0.29, 0.717) is 0 Å². The van der Waals surface area contributed by atoms with Crippen molar-refractivity contribution in [2.75, 3.05) is 37.6 Å². The Balaban J connectivity index is 1.60. The second-order valence-corrected chi connectivity index (χ2v) is 5.40. The molecule has 4 nitrogen and oxygen atoms in total. The van der Waals surface area contributed by atoms with Crippen molar-refractivity contribution in [1.29, 1.82) is 0 Å². The van der Waals surface area contributed by atoms with Crippen molar-refractivity contribution in [3.63, 3.8) is 0 Å². The van der Waals surface area contributed by atoms with Gasteiger partial charge in [0.1, 0.15) is 12.1 Å². The number of aromatic nitrogens is 2. The molecule has 0 radical (unpaired) electrons.